The van der Waals surface area contributed by atoms with E-state index in [-0.39, 0.29) is 12.0 Å². The summed E-state index contributed by atoms with van der Waals surface area (Å²) in [5.74, 6) is 2.76. The number of hydrogen-bond donors (Lipinski definition) is 0. The van der Waals surface area contributed by atoms with E-state index in [0.29, 0.717) is 17.7 Å². The average molecular weight is 584 g/mol. The summed E-state index contributed by atoms with van der Waals surface area (Å²) in [5.41, 5.74) is 9.81. The standard InChI is InChI=1S/C40H33N5/c1-26-21-23-34-32(25-26)30-22-24-35-36(31-19-11-12-20-33(31)44(35)29-17-9-4-10-18-29)37(30)45(34)40-42-38(27-13-5-2-6-14-27)41-39(43-40)28-15-7-3-8-16-28/h2-15,17-19,21-24,26,28,33H,16,20,25H2,1H3. The monoisotopic (exact) mass is 583 g/mol. The van der Waals surface area contributed by atoms with Crippen molar-refractivity contribution < 1.29 is 0 Å². The van der Waals surface area contributed by atoms with Crippen molar-refractivity contribution in [2.24, 2.45) is 5.92 Å². The third kappa shape index (κ3) is 4.18. The fourth-order valence-corrected chi connectivity index (χ4v) is 7.50. The van der Waals surface area contributed by atoms with Crippen LogP contribution in [-0.4, -0.2) is 25.6 Å². The van der Waals surface area contributed by atoms with Crippen LogP contribution in [0.15, 0.2) is 121 Å². The lowest BCUT2D eigenvalue weighted by Crippen LogP contribution is -2.26. The largest absolute Gasteiger partial charge is 0.333 e. The fraction of sp³-hybridized carbons (Fsp3) is 0.175. The Kier molecular flexibility index (Phi) is 6.05. The van der Waals surface area contributed by atoms with E-state index in [4.69, 9.17) is 15.0 Å². The molecule has 3 aromatic carbocycles. The van der Waals surface area contributed by atoms with Crippen LogP contribution in [0.25, 0.3) is 39.9 Å². The van der Waals surface area contributed by atoms with Gasteiger partial charge in [-0.25, -0.2) is 4.98 Å². The maximum Gasteiger partial charge on any atom is 0.238 e. The summed E-state index contributed by atoms with van der Waals surface area (Å²) >= 11 is 0. The topological polar surface area (TPSA) is 46.8 Å². The summed E-state index contributed by atoms with van der Waals surface area (Å²) in [4.78, 5) is 18.1. The Bertz CT molecular complexity index is 2110. The van der Waals surface area contributed by atoms with Crippen molar-refractivity contribution in [1.82, 2.24) is 19.5 Å². The Morgan fingerprint density at radius 1 is 0.778 bits per heavy atom. The van der Waals surface area contributed by atoms with E-state index in [1.54, 1.807) is 0 Å². The van der Waals surface area contributed by atoms with Crippen LogP contribution in [0.3, 0.4) is 0 Å². The van der Waals surface area contributed by atoms with Crippen molar-refractivity contribution in [2.45, 2.75) is 38.1 Å². The molecule has 2 aromatic heterocycles. The molecule has 3 unspecified atom stereocenters. The number of fused-ring (bicyclic) bond motifs is 7. The van der Waals surface area contributed by atoms with E-state index in [0.717, 1.165) is 30.7 Å². The van der Waals surface area contributed by atoms with Crippen LogP contribution in [0.1, 0.15) is 48.3 Å². The van der Waals surface area contributed by atoms with Crippen LogP contribution >= 0.6 is 0 Å². The second kappa shape index (κ2) is 10.4. The molecule has 0 N–H and O–H groups in total. The van der Waals surface area contributed by atoms with E-state index in [1.807, 2.05) is 18.2 Å². The number of rotatable bonds is 4. The molecular weight excluding hydrogens is 550 g/mol. The highest BCUT2D eigenvalue weighted by Gasteiger charge is 2.38. The van der Waals surface area contributed by atoms with Gasteiger partial charge in [-0.3, -0.25) is 4.57 Å². The molecule has 4 aliphatic rings. The van der Waals surface area contributed by atoms with E-state index < -0.39 is 0 Å². The molecule has 0 radical (unpaired) electrons. The highest BCUT2D eigenvalue weighted by Crippen LogP contribution is 2.52. The lowest BCUT2D eigenvalue weighted by Gasteiger charge is -2.28. The molecule has 0 spiro atoms. The van der Waals surface area contributed by atoms with Gasteiger partial charge in [0, 0.05) is 28.1 Å². The quantitative estimate of drug-likeness (QED) is 0.212. The predicted octanol–water partition coefficient (Wildman–Crippen LogP) is 9.15. The highest BCUT2D eigenvalue weighted by atomic mass is 15.2. The van der Waals surface area contributed by atoms with Crippen LogP contribution in [0.4, 0.5) is 11.4 Å². The van der Waals surface area contributed by atoms with Crippen LogP contribution in [0, 0.1) is 5.92 Å². The predicted molar refractivity (Wildman–Crippen MR) is 184 cm³/mol. The summed E-state index contributed by atoms with van der Waals surface area (Å²) in [6, 6.07) is 26.0. The van der Waals surface area contributed by atoms with Crippen LogP contribution in [-0.2, 0) is 6.42 Å². The molecular formula is C40H33N5. The second-order valence-corrected chi connectivity index (χ2v) is 12.4. The van der Waals surface area contributed by atoms with Crippen molar-refractivity contribution in [2.75, 3.05) is 4.90 Å². The van der Waals surface area contributed by atoms with Gasteiger partial charge in [0.15, 0.2) is 5.82 Å². The van der Waals surface area contributed by atoms with E-state index >= 15 is 0 Å². The maximum atomic E-state index is 5.28. The first kappa shape index (κ1) is 26.1. The lowest BCUT2D eigenvalue weighted by molar-refractivity contribution is 0.712. The Morgan fingerprint density at radius 2 is 1.60 bits per heavy atom. The van der Waals surface area contributed by atoms with E-state index in [2.05, 4.69) is 126 Å². The summed E-state index contributed by atoms with van der Waals surface area (Å²) in [5, 5.41) is 1.28. The van der Waals surface area contributed by atoms with Gasteiger partial charge in [-0.05, 0) is 60.6 Å². The van der Waals surface area contributed by atoms with Gasteiger partial charge in [0.1, 0.15) is 5.82 Å². The zero-order valence-electron chi connectivity index (χ0n) is 25.2. The molecule has 218 valence electrons. The molecule has 5 nitrogen and oxygen atoms in total. The molecule has 45 heavy (non-hydrogen) atoms. The molecule has 1 aliphatic heterocycles. The first-order valence-electron chi connectivity index (χ1n) is 16.0. The van der Waals surface area contributed by atoms with Crippen molar-refractivity contribution >= 4 is 33.9 Å². The molecule has 3 heterocycles. The van der Waals surface area contributed by atoms with Gasteiger partial charge < -0.3 is 4.90 Å². The number of anilines is 2. The summed E-state index contributed by atoms with van der Waals surface area (Å²) < 4.78 is 2.34. The van der Waals surface area contributed by atoms with Crippen LogP contribution in [0.5, 0.6) is 0 Å². The Hall–Kier alpha value is -5.29. The van der Waals surface area contributed by atoms with Crippen LogP contribution in [0.2, 0.25) is 0 Å². The Morgan fingerprint density at radius 3 is 2.42 bits per heavy atom. The first-order valence-corrected chi connectivity index (χ1v) is 16.0. The molecule has 0 bridgehead atoms. The number of nitrogens with zero attached hydrogens (tertiary/aromatic N) is 5. The third-order valence-corrected chi connectivity index (χ3v) is 9.57. The average Bonchev–Trinajstić information content (AvgIpc) is 3.62. The minimum atomic E-state index is 0.0993. The summed E-state index contributed by atoms with van der Waals surface area (Å²) in [6.45, 7) is 2.30. The van der Waals surface area contributed by atoms with Gasteiger partial charge in [0.05, 0.1) is 22.9 Å². The van der Waals surface area contributed by atoms with Crippen molar-refractivity contribution in [3.63, 3.8) is 0 Å². The van der Waals surface area contributed by atoms with Crippen molar-refractivity contribution in [3.8, 4) is 17.3 Å². The molecule has 0 saturated heterocycles. The van der Waals surface area contributed by atoms with Gasteiger partial charge in [-0.15, -0.1) is 0 Å². The maximum absolute atomic E-state index is 5.28. The number of benzene rings is 3. The molecule has 3 atom stereocenters. The van der Waals surface area contributed by atoms with Gasteiger partial charge >= 0.3 is 0 Å². The zero-order valence-corrected chi connectivity index (χ0v) is 25.2. The minimum absolute atomic E-state index is 0.0993. The van der Waals surface area contributed by atoms with E-state index in [1.165, 1.54) is 44.7 Å². The highest BCUT2D eigenvalue weighted by molar-refractivity contribution is 6.08. The summed E-state index contributed by atoms with van der Waals surface area (Å²) in [6.07, 6.45) is 22.9. The van der Waals surface area contributed by atoms with Gasteiger partial charge in [-0.1, -0.05) is 110 Å². The van der Waals surface area contributed by atoms with Crippen LogP contribution < -0.4 is 4.90 Å². The molecule has 9 rings (SSSR count). The third-order valence-electron chi connectivity index (χ3n) is 9.57. The number of hydrogen-bond acceptors (Lipinski definition) is 4. The fourth-order valence-electron chi connectivity index (χ4n) is 7.50. The molecule has 5 heteroatoms. The molecule has 0 fully saturated rings. The number of aromatic nitrogens is 4. The SMILES string of the molecule is CC1C=Cc2c(c3ccc4c(c3n2-c2nc(-c3ccccc3)nc(C3C=CC=CC3)n2)C2=CC=CCC2N4c2ccccc2)C1. The minimum Gasteiger partial charge on any atom is -0.333 e. The first-order chi connectivity index (χ1) is 22.2. The number of para-hydroxylation sites is 1. The van der Waals surface area contributed by atoms with Crippen molar-refractivity contribution in [1.29, 1.82) is 0 Å². The van der Waals surface area contributed by atoms with Gasteiger partial charge in [0.25, 0.3) is 0 Å². The smallest absolute Gasteiger partial charge is 0.238 e. The number of allylic oxidation sites excluding steroid dienone is 7. The molecule has 0 saturated carbocycles. The normalized spacial score (nSPS) is 21.1. The van der Waals surface area contributed by atoms with E-state index in [9.17, 15) is 0 Å². The zero-order chi connectivity index (χ0) is 29.9. The lowest BCUT2D eigenvalue weighted by atomic mass is 9.91. The molecule has 5 aromatic rings. The van der Waals surface area contributed by atoms with Gasteiger partial charge in [-0.2, -0.15) is 9.97 Å². The second-order valence-electron chi connectivity index (χ2n) is 12.4. The molecule has 0 amide bonds. The summed E-state index contributed by atoms with van der Waals surface area (Å²) in [7, 11) is 0. The van der Waals surface area contributed by atoms with Crippen molar-refractivity contribution in [3.05, 3.63) is 144 Å². The molecule has 3 aliphatic carbocycles. The van der Waals surface area contributed by atoms with Gasteiger partial charge in [0.2, 0.25) is 5.95 Å². The Balaban J connectivity index is 1.36. The Labute approximate surface area is 263 Å².